The number of rotatable bonds is 5. The molecule has 0 radical (unpaired) electrons. The van der Waals surface area contributed by atoms with Crippen molar-refractivity contribution in [2.45, 2.75) is 6.92 Å². The summed E-state index contributed by atoms with van der Waals surface area (Å²) < 4.78 is 0. The van der Waals surface area contributed by atoms with Gasteiger partial charge in [0.2, 0.25) is 0 Å². The normalized spacial score (nSPS) is 10.6. The van der Waals surface area contributed by atoms with Crippen molar-refractivity contribution in [1.82, 2.24) is 15.2 Å². The molecule has 4 rings (SSSR count). The Hall–Kier alpha value is -3.78. The Balaban J connectivity index is 1.58. The number of para-hydroxylation sites is 1. The van der Waals surface area contributed by atoms with Crippen LogP contribution in [-0.2, 0) is 0 Å². The Bertz CT molecular complexity index is 1200. The summed E-state index contributed by atoms with van der Waals surface area (Å²) in [7, 11) is 1.67. The molecule has 0 saturated carbocycles. The van der Waals surface area contributed by atoms with Gasteiger partial charge in [0, 0.05) is 18.3 Å². The largest absolute Gasteiger partial charge is 0.322 e. The van der Waals surface area contributed by atoms with E-state index in [9.17, 15) is 9.59 Å². The first-order chi connectivity index (χ1) is 14.5. The van der Waals surface area contributed by atoms with Crippen molar-refractivity contribution < 1.29 is 9.59 Å². The van der Waals surface area contributed by atoms with Crippen LogP contribution in [0.5, 0.6) is 0 Å². The van der Waals surface area contributed by atoms with Crippen LogP contribution < -0.4 is 10.2 Å². The minimum absolute atomic E-state index is 0.160. The van der Waals surface area contributed by atoms with Crippen LogP contribution in [0.1, 0.15) is 25.9 Å². The van der Waals surface area contributed by atoms with Crippen molar-refractivity contribution in [3.63, 3.8) is 0 Å². The molecule has 2 heterocycles. The smallest absolute Gasteiger partial charge is 0.268 e. The maximum atomic E-state index is 13.0. The van der Waals surface area contributed by atoms with E-state index in [2.05, 4.69) is 20.5 Å². The number of aryl methyl sites for hydroxylation is 1. The first-order valence-corrected chi connectivity index (χ1v) is 10.1. The monoisotopic (exact) mass is 417 g/mol. The van der Waals surface area contributed by atoms with E-state index in [1.807, 2.05) is 36.6 Å². The van der Waals surface area contributed by atoms with Gasteiger partial charge in [-0.05, 0) is 42.6 Å². The Labute approximate surface area is 177 Å². The van der Waals surface area contributed by atoms with E-state index >= 15 is 0 Å². The van der Waals surface area contributed by atoms with E-state index in [0.29, 0.717) is 33.5 Å². The summed E-state index contributed by atoms with van der Waals surface area (Å²) in [6.07, 6.45) is 0. The molecule has 0 aliphatic rings. The lowest BCUT2D eigenvalue weighted by molar-refractivity contribution is 0.0996. The van der Waals surface area contributed by atoms with Gasteiger partial charge in [-0.15, -0.1) is 11.3 Å². The fraction of sp³-hybridized carbons (Fsp3) is 0.0909. The highest BCUT2D eigenvalue weighted by atomic mass is 32.1. The lowest BCUT2D eigenvalue weighted by Gasteiger charge is -2.20. The van der Waals surface area contributed by atoms with Gasteiger partial charge in [0.1, 0.15) is 5.82 Å². The second kappa shape index (κ2) is 8.30. The summed E-state index contributed by atoms with van der Waals surface area (Å²) in [6, 6.07) is 17.9. The van der Waals surface area contributed by atoms with E-state index in [0.717, 1.165) is 5.56 Å². The average molecular weight is 417 g/mol. The highest BCUT2D eigenvalue weighted by Gasteiger charge is 2.20. The van der Waals surface area contributed by atoms with E-state index in [1.165, 1.54) is 16.2 Å². The minimum Gasteiger partial charge on any atom is -0.322 e. The molecule has 0 bridgehead atoms. The standard InChI is InChI=1S/C22H19N5O2S/c1-14-23-20(26-25-14)15-7-5-8-16(13-15)24-21(28)17-9-3-4-10-18(17)27(2)22(29)19-11-6-12-30-19/h3-13H,1-2H3,(H,24,28)(H,23,25,26). The van der Waals surface area contributed by atoms with Crippen LogP contribution in [0.2, 0.25) is 0 Å². The molecule has 4 aromatic rings. The van der Waals surface area contributed by atoms with Crippen molar-refractivity contribution in [2.24, 2.45) is 0 Å². The zero-order valence-electron chi connectivity index (χ0n) is 16.4. The number of anilines is 2. The number of aromatic amines is 1. The summed E-state index contributed by atoms with van der Waals surface area (Å²) in [4.78, 5) is 32.2. The Morgan fingerprint density at radius 1 is 1.07 bits per heavy atom. The molecule has 2 aromatic heterocycles. The molecular weight excluding hydrogens is 398 g/mol. The molecule has 0 saturated heterocycles. The molecule has 0 aliphatic heterocycles. The highest BCUT2D eigenvalue weighted by molar-refractivity contribution is 7.12. The summed E-state index contributed by atoms with van der Waals surface area (Å²) in [5, 5.41) is 11.7. The number of thiophene rings is 1. The summed E-state index contributed by atoms with van der Waals surface area (Å²) in [5.74, 6) is 0.809. The fourth-order valence-electron chi connectivity index (χ4n) is 3.04. The third kappa shape index (κ3) is 3.99. The Morgan fingerprint density at radius 3 is 2.63 bits per heavy atom. The van der Waals surface area contributed by atoms with Gasteiger partial charge >= 0.3 is 0 Å². The third-order valence-corrected chi connectivity index (χ3v) is 5.38. The van der Waals surface area contributed by atoms with Crippen LogP contribution in [0.4, 0.5) is 11.4 Å². The molecule has 2 aromatic carbocycles. The first-order valence-electron chi connectivity index (χ1n) is 9.24. The number of nitrogens with zero attached hydrogens (tertiary/aromatic N) is 3. The van der Waals surface area contributed by atoms with Crippen LogP contribution in [0.25, 0.3) is 11.4 Å². The second-order valence-corrected chi connectivity index (χ2v) is 7.59. The predicted molar refractivity (Wildman–Crippen MR) is 118 cm³/mol. The van der Waals surface area contributed by atoms with Gasteiger partial charge in [-0.1, -0.05) is 30.3 Å². The minimum atomic E-state index is -0.306. The van der Waals surface area contributed by atoms with Crippen LogP contribution in [0, 0.1) is 6.92 Å². The van der Waals surface area contributed by atoms with Crippen molar-refractivity contribution in [3.05, 3.63) is 82.3 Å². The third-order valence-electron chi connectivity index (χ3n) is 4.52. The van der Waals surface area contributed by atoms with Gasteiger partial charge in [0.25, 0.3) is 11.8 Å². The Morgan fingerprint density at radius 2 is 1.90 bits per heavy atom. The van der Waals surface area contributed by atoms with Crippen molar-refractivity contribution >= 4 is 34.5 Å². The van der Waals surface area contributed by atoms with Gasteiger partial charge in [-0.2, -0.15) is 5.10 Å². The van der Waals surface area contributed by atoms with Gasteiger partial charge in [0.05, 0.1) is 16.1 Å². The van der Waals surface area contributed by atoms with Crippen molar-refractivity contribution in [3.8, 4) is 11.4 Å². The van der Waals surface area contributed by atoms with E-state index in [4.69, 9.17) is 0 Å². The number of hydrogen-bond donors (Lipinski definition) is 2. The summed E-state index contributed by atoms with van der Waals surface area (Å²) in [5.41, 5.74) is 2.34. The van der Waals surface area contributed by atoms with Gasteiger partial charge in [-0.3, -0.25) is 14.7 Å². The fourth-order valence-corrected chi connectivity index (χ4v) is 3.74. The molecule has 0 aliphatic carbocycles. The molecule has 0 unspecified atom stereocenters. The Kier molecular flexibility index (Phi) is 5.40. The molecule has 2 amide bonds. The molecular formula is C22H19N5O2S. The van der Waals surface area contributed by atoms with Gasteiger partial charge in [-0.25, -0.2) is 4.98 Å². The number of aromatic nitrogens is 3. The molecule has 30 heavy (non-hydrogen) atoms. The molecule has 7 nitrogen and oxygen atoms in total. The van der Waals surface area contributed by atoms with E-state index < -0.39 is 0 Å². The molecule has 0 spiro atoms. The molecule has 0 fully saturated rings. The molecule has 150 valence electrons. The number of amides is 2. The van der Waals surface area contributed by atoms with Gasteiger partial charge < -0.3 is 10.2 Å². The predicted octanol–water partition coefficient (Wildman–Crippen LogP) is 4.37. The zero-order valence-corrected chi connectivity index (χ0v) is 17.2. The SMILES string of the molecule is Cc1nc(-c2cccc(NC(=O)c3ccccc3N(C)C(=O)c3cccs3)c2)n[nH]1. The van der Waals surface area contributed by atoms with Crippen molar-refractivity contribution in [2.75, 3.05) is 17.3 Å². The maximum Gasteiger partial charge on any atom is 0.268 e. The van der Waals surface area contributed by atoms with Gasteiger partial charge in [0.15, 0.2) is 5.82 Å². The number of nitrogens with one attached hydrogen (secondary N) is 2. The molecule has 2 N–H and O–H groups in total. The molecule has 8 heteroatoms. The number of H-pyrrole nitrogens is 1. The number of hydrogen-bond acceptors (Lipinski definition) is 5. The topological polar surface area (TPSA) is 91.0 Å². The number of carbonyl (C=O) groups is 2. The van der Waals surface area contributed by atoms with Crippen LogP contribution in [-0.4, -0.2) is 34.0 Å². The maximum absolute atomic E-state index is 13.0. The van der Waals surface area contributed by atoms with E-state index in [1.54, 1.807) is 43.4 Å². The molecule has 0 atom stereocenters. The van der Waals surface area contributed by atoms with Crippen LogP contribution in [0.15, 0.2) is 66.0 Å². The lowest BCUT2D eigenvalue weighted by Crippen LogP contribution is -2.28. The summed E-state index contributed by atoms with van der Waals surface area (Å²) >= 11 is 1.37. The van der Waals surface area contributed by atoms with Crippen LogP contribution in [0.3, 0.4) is 0 Å². The second-order valence-electron chi connectivity index (χ2n) is 6.64. The zero-order chi connectivity index (χ0) is 21.1. The number of benzene rings is 2. The number of carbonyl (C=O) groups excluding carboxylic acids is 2. The highest BCUT2D eigenvalue weighted by Crippen LogP contribution is 2.25. The van der Waals surface area contributed by atoms with Crippen LogP contribution >= 0.6 is 11.3 Å². The van der Waals surface area contributed by atoms with Crippen molar-refractivity contribution in [1.29, 1.82) is 0 Å². The average Bonchev–Trinajstić information content (AvgIpc) is 3.45. The summed E-state index contributed by atoms with van der Waals surface area (Å²) in [6.45, 7) is 1.83. The quantitative estimate of drug-likeness (QED) is 0.504. The first kappa shape index (κ1) is 19.5. The van der Waals surface area contributed by atoms with E-state index in [-0.39, 0.29) is 11.8 Å². The lowest BCUT2D eigenvalue weighted by atomic mass is 10.1.